The van der Waals surface area contributed by atoms with E-state index in [1.165, 1.54) is 0 Å². The van der Waals surface area contributed by atoms with Crippen LogP contribution in [-0.2, 0) is 9.53 Å². The molecule has 96 valence electrons. The van der Waals surface area contributed by atoms with Gasteiger partial charge in [-0.1, -0.05) is 13.8 Å². The fraction of sp³-hybridized carbons (Fsp3) is 0.833. The van der Waals surface area contributed by atoms with Crippen LogP contribution in [0, 0.1) is 5.92 Å². The molecule has 17 heavy (non-hydrogen) atoms. The van der Waals surface area contributed by atoms with Crippen LogP contribution >= 0.6 is 12.2 Å². The van der Waals surface area contributed by atoms with E-state index in [1.807, 2.05) is 4.90 Å². The van der Waals surface area contributed by atoms with Crippen LogP contribution in [-0.4, -0.2) is 33.8 Å². The average molecular weight is 256 g/mol. The molecule has 5 heteroatoms. The Labute approximate surface area is 108 Å². The Morgan fingerprint density at radius 3 is 2.82 bits per heavy atom. The van der Waals surface area contributed by atoms with Crippen LogP contribution in [0.25, 0.3) is 0 Å². The Hall–Kier alpha value is -0.840. The summed E-state index contributed by atoms with van der Waals surface area (Å²) in [5.41, 5.74) is -0.106. The van der Waals surface area contributed by atoms with Gasteiger partial charge in [-0.05, 0) is 38.4 Å². The van der Waals surface area contributed by atoms with Crippen molar-refractivity contribution in [3.63, 3.8) is 0 Å². The van der Waals surface area contributed by atoms with E-state index >= 15 is 0 Å². The first-order valence-electron chi connectivity index (χ1n) is 6.11. The van der Waals surface area contributed by atoms with Crippen molar-refractivity contribution in [1.29, 1.82) is 0 Å². The molecule has 0 spiro atoms. The van der Waals surface area contributed by atoms with Crippen LogP contribution < -0.4 is 5.32 Å². The second-order valence-electron chi connectivity index (χ2n) is 5.96. The molecule has 2 atom stereocenters. The molecule has 0 radical (unpaired) electrons. The predicted octanol–water partition coefficient (Wildman–Crippen LogP) is 1.64. The van der Waals surface area contributed by atoms with E-state index in [0.717, 1.165) is 12.8 Å². The van der Waals surface area contributed by atoms with Gasteiger partial charge in [0, 0.05) is 12.0 Å². The second kappa shape index (κ2) is 4.12. The zero-order valence-corrected chi connectivity index (χ0v) is 11.6. The molecule has 2 saturated heterocycles. The van der Waals surface area contributed by atoms with Crippen LogP contribution in [0.5, 0.6) is 0 Å². The molecule has 0 aromatic rings. The third-order valence-corrected chi connectivity index (χ3v) is 3.54. The Balaban J connectivity index is 2.19. The molecule has 2 rings (SSSR count). The third-order valence-electron chi connectivity index (χ3n) is 3.23. The molecule has 0 bridgehead atoms. The number of thiocarbonyl (C=S) groups is 1. The summed E-state index contributed by atoms with van der Waals surface area (Å²) in [6, 6.07) is -0.212. The van der Waals surface area contributed by atoms with Gasteiger partial charge < -0.3 is 10.1 Å². The first kappa shape index (κ1) is 12.6. The highest BCUT2D eigenvalue weighted by atomic mass is 32.1. The molecule has 0 saturated carbocycles. The number of ether oxygens (including phenoxy) is 1. The number of nitrogens with one attached hydrogen (secondary N) is 1. The van der Waals surface area contributed by atoms with Crippen molar-refractivity contribution in [3.05, 3.63) is 0 Å². The van der Waals surface area contributed by atoms with E-state index < -0.39 is 0 Å². The molecular formula is C12H20N2O2S. The van der Waals surface area contributed by atoms with Crippen molar-refractivity contribution < 1.29 is 9.53 Å². The lowest BCUT2D eigenvalue weighted by molar-refractivity contribution is -0.143. The highest BCUT2D eigenvalue weighted by Gasteiger charge is 2.49. The molecule has 2 aliphatic heterocycles. The number of carbonyl (C=O) groups is 1. The summed E-state index contributed by atoms with van der Waals surface area (Å²) >= 11 is 5.36. The van der Waals surface area contributed by atoms with Gasteiger partial charge in [-0.25, -0.2) is 4.79 Å². The molecular weight excluding hydrogens is 236 g/mol. The number of carbonyl (C=O) groups excluding carboxylic acids is 1. The van der Waals surface area contributed by atoms with Gasteiger partial charge in [0.2, 0.25) is 0 Å². The maximum absolute atomic E-state index is 11.9. The lowest BCUT2D eigenvalue weighted by Gasteiger charge is -2.42. The molecule has 2 aliphatic rings. The molecule has 0 amide bonds. The Bertz CT molecular complexity index is 354. The van der Waals surface area contributed by atoms with Crippen molar-refractivity contribution in [1.82, 2.24) is 10.2 Å². The maximum atomic E-state index is 11.9. The minimum Gasteiger partial charge on any atom is -0.440 e. The van der Waals surface area contributed by atoms with Gasteiger partial charge in [0.25, 0.3) is 0 Å². The lowest BCUT2D eigenvalue weighted by Crippen LogP contribution is -2.61. The fourth-order valence-electron chi connectivity index (χ4n) is 2.49. The van der Waals surface area contributed by atoms with E-state index in [0.29, 0.717) is 11.0 Å². The topological polar surface area (TPSA) is 41.6 Å². The van der Waals surface area contributed by atoms with Crippen LogP contribution in [0.15, 0.2) is 0 Å². The number of rotatable bonds is 2. The van der Waals surface area contributed by atoms with Crippen molar-refractivity contribution in [3.8, 4) is 0 Å². The summed E-state index contributed by atoms with van der Waals surface area (Å²) in [5.74, 6) is 0.314. The molecule has 2 heterocycles. The van der Waals surface area contributed by atoms with E-state index in [9.17, 15) is 4.79 Å². The summed E-state index contributed by atoms with van der Waals surface area (Å²) in [4.78, 5) is 13.8. The number of hydrogen-bond donors (Lipinski definition) is 1. The maximum Gasteiger partial charge on any atom is 0.330 e. The van der Waals surface area contributed by atoms with Gasteiger partial charge in [-0.2, -0.15) is 0 Å². The molecule has 1 N–H and O–H groups in total. The highest BCUT2D eigenvalue weighted by Crippen LogP contribution is 2.32. The summed E-state index contributed by atoms with van der Waals surface area (Å²) in [6.07, 6.45) is 1.38. The first-order valence-corrected chi connectivity index (χ1v) is 6.52. The summed E-state index contributed by atoms with van der Waals surface area (Å²) in [5, 5.41) is 3.92. The average Bonchev–Trinajstić information content (AvgIpc) is 2.39. The summed E-state index contributed by atoms with van der Waals surface area (Å²) < 4.78 is 5.44. The van der Waals surface area contributed by atoms with Crippen LogP contribution in [0.4, 0.5) is 0 Å². The molecule has 4 nitrogen and oxygen atoms in total. The third kappa shape index (κ3) is 2.39. The molecule has 0 aliphatic carbocycles. The standard InChI is InChI=1S/C12H20N2O2S/c1-7(2)5-8-10(15)16-9-6-12(3,4)13-11(17)14(8)9/h7-9H,5-6H2,1-4H3,(H,13,17)/t8-,9-/m1/s1. The summed E-state index contributed by atoms with van der Waals surface area (Å²) in [7, 11) is 0. The number of fused-ring (bicyclic) bond motifs is 1. The number of hydrogen-bond acceptors (Lipinski definition) is 3. The van der Waals surface area contributed by atoms with Gasteiger partial charge in [0.05, 0.1) is 0 Å². The van der Waals surface area contributed by atoms with Crippen LogP contribution in [0.3, 0.4) is 0 Å². The largest absolute Gasteiger partial charge is 0.440 e. The fourth-order valence-corrected chi connectivity index (χ4v) is 3.02. The molecule has 0 aromatic carbocycles. The Kier molecular flexibility index (Phi) is 3.06. The Morgan fingerprint density at radius 2 is 2.24 bits per heavy atom. The van der Waals surface area contributed by atoms with E-state index in [1.54, 1.807) is 0 Å². The zero-order valence-electron chi connectivity index (χ0n) is 10.8. The van der Waals surface area contributed by atoms with E-state index in [4.69, 9.17) is 17.0 Å². The number of nitrogens with zero attached hydrogens (tertiary/aromatic N) is 1. The van der Waals surface area contributed by atoms with Gasteiger partial charge in [0.15, 0.2) is 11.3 Å². The molecule has 0 aromatic heterocycles. The minimum atomic E-state index is -0.212. The van der Waals surface area contributed by atoms with Gasteiger partial charge >= 0.3 is 5.97 Å². The van der Waals surface area contributed by atoms with Crippen LogP contribution in [0.1, 0.15) is 40.5 Å². The van der Waals surface area contributed by atoms with Crippen LogP contribution in [0.2, 0.25) is 0 Å². The second-order valence-corrected chi connectivity index (χ2v) is 6.35. The summed E-state index contributed by atoms with van der Waals surface area (Å²) in [6.45, 7) is 8.34. The normalized spacial score (nSPS) is 31.2. The van der Waals surface area contributed by atoms with E-state index in [2.05, 4.69) is 33.0 Å². The van der Waals surface area contributed by atoms with Gasteiger partial charge in [-0.15, -0.1) is 0 Å². The number of esters is 1. The molecule has 2 fully saturated rings. The van der Waals surface area contributed by atoms with Crippen molar-refractivity contribution in [2.75, 3.05) is 0 Å². The highest BCUT2D eigenvalue weighted by molar-refractivity contribution is 7.80. The first-order chi connectivity index (χ1) is 7.80. The smallest absolute Gasteiger partial charge is 0.330 e. The van der Waals surface area contributed by atoms with Gasteiger partial charge in [0.1, 0.15) is 6.04 Å². The molecule has 0 unspecified atom stereocenters. The van der Waals surface area contributed by atoms with Crippen molar-refractivity contribution in [2.45, 2.75) is 58.3 Å². The minimum absolute atomic E-state index is 0.106. The quantitative estimate of drug-likeness (QED) is 0.601. The Morgan fingerprint density at radius 1 is 1.59 bits per heavy atom. The van der Waals surface area contributed by atoms with Crippen molar-refractivity contribution >= 4 is 23.3 Å². The van der Waals surface area contributed by atoms with Crippen molar-refractivity contribution in [2.24, 2.45) is 5.92 Å². The SMILES string of the molecule is CC(C)C[C@@H]1C(=O)O[C@@H]2CC(C)(C)NC(=S)N12. The predicted molar refractivity (Wildman–Crippen MR) is 69.4 cm³/mol. The zero-order chi connectivity index (χ0) is 12.8. The monoisotopic (exact) mass is 256 g/mol. The lowest BCUT2D eigenvalue weighted by atomic mass is 9.96. The van der Waals surface area contributed by atoms with E-state index in [-0.39, 0.29) is 23.8 Å². The van der Waals surface area contributed by atoms with Gasteiger partial charge in [-0.3, -0.25) is 4.90 Å².